The summed E-state index contributed by atoms with van der Waals surface area (Å²) < 4.78 is 5.01. The van der Waals surface area contributed by atoms with Crippen LogP contribution < -0.4 is 5.32 Å². The highest BCUT2D eigenvalue weighted by Crippen LogP contribution is 1.95. The lowest BCUT2D eigenvalue weighted by atomic mass is 10.1. The van der Waals surface area contributed by atoms with Gasteiger partial charge < -0.3 is 15.0 Å². The van der Waals surface area contributed by atoms with Gasteiger partial charge in [0.2, 0.25) is 0 Å². The van der Waals surface area contributed by atoms with Crippen LogP contribution in [0.1, 0.15) is 20.3 Å². The molecule has 3 nitrogen and oxygen atoms in total. The van der Waals surface area contributed by atoms with E-state index in [0.717, 1.165) is 38.7 Å². The highest BCUT2D eigenvalue weighted by molar-refractivity contribution is 4.55. The van der Waals surface area contributed by atoms with Gasteiger partial charge in [0.1, 0.15) is 0 Å². The van der Waals surface area contributed by atoms with Crippen molar-refractivity contribution >= 4 is 0 Å². The van der Waals surface area contributed by atoms with Crippen molar-refractivity contribution < 1.29 is 4.74 Å². The molecule has 0 unspecified atom stereocenters. The number of nitrogens with one attached hydrogen (secondary N) is 1. The van der Waals surface area contributed by atoms with E-state index >= 15 is 0 Å². The smallest absolute Gasteiger partial charge is 0.0589 e. The zero-order valence-electron chi connectivity index (χ0n) is 10.2. The van der Waals surface area contributed by atoms with Crippen molar-refractivity contribution in [3.05, 3.63) is 0 Å². The van der Waals surface area contributed by atoms with Gasteiger partial charge in [-0.2, -0.15) is 0 Å². The quantitative estimate of drug-likeness (QED) is 0.569. The number of hydrogen-bond acceptors (Lipinski definition) is 3. The molecule has 0 heterocycles. The van der Waals surface area contributed by atoms with Crippen LogP contribution in [0.25, 0.3) is 0 Å². The van der Waals surface area contributed by atoms with Gasteiger partial charge in [-0.3, -0.25) is 0 Å². The molecule has 0 aliphatic heterocycles. The predicted molar refractivity (Wildman–Crippen MR) is 61.7 cm³/mol. The predicted octanol–water partition coefficient (Wildman–Crippen LogP) is 1.20. The maximum absolute atomic E-state index is 5.01. The Morgan fingerprint density at radius 2 is 1.93 bits per heavy atom. The van der Waals surface area contributed by atoms with Gasteiger partial charge in [-0.15, -0.1) is 0 Å². The second-order valence-corrected chi connectivity index (χ2v) is 4.23. The maximum Gasteiger partial charge on any atom is 0.0589 e. The lowest BCUT2D eigenvalue weighted by Crippen LogP contribution is -2.32. The van der Waals surface area contributed by atoms with Crippen molar-refractivity contribution in [3.8, 4) is 0 Å². The third kappa shape index (κ3) is 9.96. The average molecular weight is 202 g/mol. The van der Waals surface area contributed by atoms with E-state index in [1.54, 1.807) is 7.11 Å². The molecule has 0 fully saturated rings. The molecule has 0 atom stereocenters. The molecule has 0 aromatic carbocycles. The van der Waals surface area contributed by atoms with Gasteiger partial charge in [-0.1, -0.05) is 13.8 Å². The van der Waals surface area contributed by atoms with E-state index in [4.69, 9.17) is 4.74 Å². The first kappa shape index (κ1) is 13.9. The Kier molecular flexibility index (Phi) is 9.35. The monoisotopic (exact) mass is 202 g/mol. The minimum Gasteiger partial charge on any atom is -0.383 e. The first-order valence-electron chi connectivity index (χ1n) is 5.55. The molecule has 0 radical (unpaired) electrons. The second kappa shape index (κ2) is 9.44. The SMILES string of the molecule is COCCN(C)CCNCCC(C)C. The molecule has 0 saturated carbocycles. The number of methoxy groups -OCH3 is 1. The van der Waals surface area contributed by atoms with E-state index in [1.807, 2.05) is 0 Å². The van der Waals surface area contributed by atoms with Crippen LogP contribution in [-0.4, -0.2) is 51.8 Å². The third-order valence-electron chi connectivity index (χ3n) is 2.25. The van der Waals surface area contributed by atoms with Crippen LogP contribution in [0.5, 0.6) is 0 Å². The van der Waals surface area contributed by atoms with Gasteiger partial charge in [0.15, 0.2) is 0 Å². The first-order chi connectivity index (χ1) is 6.66. The van der Waals surface area contributed by atoms with E-state index in [9.17, 15) is 0 Å². The molecule has 86 valence electrons. The highest BCUT2D eigenvalue weighted by atomic mass is 16.5. The molecular formula is C11H26N2O. The molecule has 1 N–H and O–H groups in total. The first-order valence-corrected chi connectivity index (χ1v) is 5.55. The number of nitrogens with zero attached hydrogens (tertiary/aromatic N) is 1. The summed E-state index contributed by atoms with van der Waals surface area (Å²) in [6, 6.07) is 0. The van der Waals surface area contributed by atoms with Crippen molar-refractivity contribution in [1.82, 2.24) is 10.2 Å². The molecular weight excluding hydrogens is 176 g/mol. The molecule has 0 bridgehead atoms. The molecule has 0 aromatic heterocycles. The molecule has 3 heteroatoms. The van der Waals surface area contributed by atoms with Gasteiger partial charge in [0, 0.05) is 26.7 Å². The summed E-state index contributed by atoms with van der Waals surface area (Å²) in [5.41, 5.74) is 0. The molecule has 0 aromatic rings. The normalized spacial score (nSPS) is 11.6. The molecule has 0 aliphatic rings. The van der Waals surface area contributed by atoms with E-state index < -0.39 is 0 Å². The Hall–Kier alpha value is -0.120. The fourth-order valence-electron chi connectivity index (χ4n) is 1.14. The third-order valence-corrected chi connectivity index (χ3v) is 2.25. The summed E-state index contributed by atoms with van der Waals surface area (Å²) in [5, 5.41) is 3.44. The Balaban J connectivity index is 3.10. The summed E-state index contributed by atoms with van der Waals surface area (Å²) in [4.78, 5) is 2.28. The number of likely N-dealkylation sites (N-methyl/N-ethyl adjacent to an activating group) is 1. The Morgan fingerprint density at radius 3 is 2.50 bits per heavy atom. The molecule has 0 spiro atoms. The Morgan fingerprint density at radius 1 is 1.21 bits per heavy atom. The Bertz CT molecular complexity index is 118. The molecule has 0 amide bonds. The van der Waals surface area contributed by atoms with Gasteiger partial charge in [0.25, 0.3) is 0 Å². The summed E-state index contributed by atoms with van der Waals surface area (Å²) in [6.45, 7) is 9.66. The van der Waals surface area contributed by atoms with Gasteiger partial charge in [-0.05, 0) is 25.9 Å². The molecule has 14 heavy (non-hydrogen) atoms. The van der Waals surface area contributed by atoms with Crippen LogP contribution in [-0.2, 0) is 4.74 Å². The second-order valence-electron chi connectivity index (χ2n) is 4.23. The topological polar surface area (TPSA) is 24.5 Å². The van der Waals surface area contributed by atoms with Crippen molar-refractivity contribution in [2.24, 2.45) is 5.92 Å². The summed E-state index contributed by atoms with van der Waals surface area (Å²) in [7, 11) is 3.87. The van der Waals surface area contributed by atoms with Gasteiger partial charge in [0.05, 0.1) is 6.61 Å². The minimum atomic E-state index is 0.800. The summed E-state index contributed by atoms with van der Waals surface area (Å²) >= 11 is 0. The number of rotatable bonds is 9. The van der Waals surface area contributed by atoms with Crippen LogP contribution >= 0.6 is 0 Å². The van der Waals surface area contributed by atoms with Crippen LogP contribution in [0.4, 0.5) is 0 Å². The number of ether oxygens (including phenoxy) is 1. The summed E-state index contributed by atoms with van der Waals surface area (Å²) in [5.74, 6) is 0.800. The zero-order valence-corrected chi connectivity index (χ0v) is 10.2. The van der Waals surface area contributed by atoms with Crippen molar-refractivity contribution in [2.45, 2.75) is 20.3 Å². The van der Waals surface area contributed by atoms with Gasteiger partial charge >= 0.3 is 0 Å². The lowest BCUT2D eigenvalue weighted by Gasteiger charge is -2.16. The van der Waals surface area contributed by atoms with Crippen LogP contribution in [0, 0.1) is 5.92 Å². The largest absolute Gasteiger partial charge is 0.383 e. The lowest BCUT2D eigenvalue weighted by molar-refractivity contribution is 0.161. The zero-order chi connectivity index (χ0) is 10.8. The van der Waals surface area contributed by atoms with Crippen LogP contribution in [0.2, 0.25) is 0 Å². The van der Waals surface area contributed by atoms with Crippen molar-refractivity contribution in [1.29, 1.82) is 0 Å². The van der Waals surface area contributed by atoms with E-state index in [2.05, 4.69) is 31.1 Å². The Labute approximate surface area is 88.8 Å². The number of hydrogen-bond donors (Lipinski definition) is 1. The summed E-state index contributed by atoms with van der Waals surface area (Å²) in [6.07, 6.45) is 1.27. The fraction of sp³-hybridized carbons (Fsp3) is 1.00. The van der Waals surface area contributed by atoms with E-state index in [-0.39, 0.29) is 0 Å². The average Bonchev–Trinajstić information content (AvgIpc) is 2.13. The maximum atomic E-state index is 5.01. The standard InChI is InChI=1S/C11H26N2O/c1-11(2)5-6-12-7-8-13(3)9-10-14-4/h11-12H,5-10H2,1-4H3. The minimum absolute atomic E-state index is 0.800. The van der Waals surface area contributed by atoms with Crippen LogP contribution in [0.15, 0.2) is 0 Å². The van der Waals surface area contributed by atoms with Crippen molar-refractivity contribution in [2.75, 3.05) is 46.9 Å². The highest BCUT2D eigenvalue weighted by Gasteiger charge is 1.97. The molecule has 0 saturated heterocycles. The molecule has 0 rings (SSSR count). The van der Waals surface area contributed by atoms with Gasteiger partial charge in [-0.25, -0.2) is 0 Å². The van der Waals surface area contributed by atoms with Crippen molar-refractivity contribution in [3.63, 3.8) is 0 Å². The van der Waals surface area contributed by atoms with Crippen LogP contribution in [0.3, 0.4) is 0 Å². The van der Waals surface area contributed by atoms with E-state index in [1.165, 1.54) is 6.42 Å². The van der Waals surface area contributed by atoms with E-state index in [0.29, 0.717) is 0 Å². The fourth-order valence-corrected chi connectivity index (χ4v) is 1.14. The molecule has 0 aliphatic carbocycles.